The number of amides is 2. The largest absolute Gasteiger partial charge is 0.485 e. The summed E-state index contributed by atoms with van der Waals surface area (Å²) in [5.74, 6) is 0.738. The first-order valence-electron chi connectivity index (χ1n) is 9.64. The number of nitrogens with zero attached hydrogens (tertiary/aromatic N) is 1. The Morgan fingerprint density at radius 3 is 2.47 bits per heavy atom. The third-order valence-corrected chi connectivity index (χ3v) is 4.63. The molecule has 0 unspecified atom stereocenters. The van der Waals surface area contributed by atoms with Crippen molar-refractivity contribution in [3.63, 3.8) is 0 Å². The summed E-state index contributed by atoms with van der Waals surface area (Å²) < 4.78 is 11.4. The van der Waals surface area contributed by atoms with Crippen LogP contribution in [0.4, 0.5) is 5.82 Å². The summed E-state index contributed by atoms with van der Waals surface area (Å²) in [6.07, 6.45) is 1.07. The van der Waals surface area contributed by atoms with Crippen LogP contribution in [0, 0.1) is 0 Å². The normalized spacial score (nSPS) is 15.7. The number of carbonyl (C=O) groups is 2. The van der Waals surface area contributed by atoms with Crippen molar-refractivity contribution in [2.24, 2.45) is 0 Å². The fourth-order valence-electron chi connectivity index (χ4n) is 3.12. The van der Waals surface area contributed by atoms with Gasteiger partial charge in [0.15, 0.2) is 11.5 Å². The highest BCUT2D eigenvalue weighted by Gasteiger charge is 2.31. The number of pyridine rings is 1. The molecule has 2 N–H and O–H groups in total. The summed E-state index contributed by atoms with van der Waals surface area (Å²) >= 11 is 0. The molecular formula is C23H21N3O4. The van der Waals surface area contributed by atoms with E-state index in [1.54, 1.807) is 42.6 Å². The zero-order chi connectivity index (χ0) is 20.8. The van der Waals surface area contributed by atoms with Crippen LogP contribution < -0.4 is 20.1 Å². The standard InChI is InChI=1S/C23H21N3O4/c27-22(26-21-12-6-7-13-24-21)17(14-16-8-2-1-3-9-16)25-23(28)20-15-29-18-10-4-5-11-19(18)30-20/h1-13,17,20H,14-15H2,(H,25,28)(H,24,26,27)/t17-,20-/m0/s1. The predicted octanol–water partition coefficient (Wildman–Crippen LogP) is 2.59. The maximum Gasteiger partial charge on any atom is 0.265 e. The summed E-state index contributed by atoms with van der Waals surface area (Å²) in [4.78, 5) is 29.9. The van der Waals surface area contributed by atoms with Gasteiger partial charge in [0.1, 0.15) is 18.5 Å². The van der Waals surface area contributed by atoms with Gasteiger partial charge in [-0.3, -0.25) is 9.59 Å². The summed E-state index contributed by atoms with van der Waals surface area (Å²) in [6.45, 7) is 0.0722. The maximum absolute atomic E-state index is 12.9. The molecule has 2 atom stereocenters. The third-order valence-electron chi connectivity index (χ3n) is 4.63. The van der Waals surface area contributed by atoms with Crippen LogP contribution in [0.5, 0.6) is 11.5 Å². The van der Waals surface area contributed by atoms with Crippen LogP contribution >= 0.6 is 0 Å². The number of benzene rings is 2. The Morgan fingerprint density at radius 1 is 0.967 bits per heavy atom. The lowest BCUT2D eigenvalue weighted by molar-refractivity contribution is -0.133. The highest BCUT2D eigenvalue weighted by molar-refractivity contribution is 5.97. The number of rotatable bonds is 6. The molecule has 2 heterocycles. The minimum atomic E-state index is -0.846. The van der Waals surface area contributed by atoms with Crippen LogP contribution in [0.3, 0.4) is 0 Å². The van der Waals surface area contributed by atoms with Crippen molar-refractivity contribution in [1.82, 2.24) is 10.3 Å². The van der Waals surface area contributed by atoms with Crippen LogP contribution in [0.15, 0.2) is 79.0 Å². The number of nitrogens with one attached hydrogen (secondary N) is 2. The molecule has 7 nitrogen and oxygen atoms in total. The number of fused-ring (bicyclic) bond motifs is 1. The van der Waals surface area contributed by atoms with Gasteiger partial charge in [0.2, 0.25) is 12.0 Å². The lowest BCUT2D eigenvalue weighted by atomic mass is 10.0. The summed E-state index contributed by atoms with van der Waals surface area (Å²) in [7, 11) is 0. The van der Waals surface area contributed by atoms with E-state index in [1.807, 2.05) is 36.4 Å². The lowest BCUT2D eigenvalue weighted by Gasteiger charge is -2.27. The molecule has 0 spiro atoms. The van der Waals surface area contributed by atoms with Gasteiger partial charge in [-0.2, -0.15) is 0 Å². The van der Waals surface area contributed by atoms with Gasteiger partial charge < -0.3 is 20.1 Å². The van der Waals surface area contributed by atoms with Crippen molar-refractivity contribution >= 4 is 17.6 Å². The van der Waals surface area contributed by atoms with Crippen LogP contribution in [0.2, 0.25) is 0 Å². The number of hydrogen-bond donors (Lipinski definition) is 2. The first-order chi connectivity index (χ1) is 14.7. The zero-order valence-corrected chi connectivity index (χ0v) is 16.2. The number of aromatic nitrogens is 1. The minimum Gasteiger partial charge on any atom is -0.485 e. The molecule has 0 bridgehead atoms. The molecule has 30 heavy (non-hydrogen) atoms. The molecule has 0 radical (unpaired) electrons. The van der Waals surface area contributed by atoms with E-state index >= 15 is 0 Å². The van der Waals surface area contributed by atoms with Crippen LogP contribution in [0.1, 0.15) is 5.56 Å². The van der Waals surface area contributed by atoms with Crippen LogP contribution in [0.25, 0.3) is 0 Å². The Balaban J connectivity index is 1.47. The van der Waals surface area contributed by atoms with Gasteiger partial charge in [0.25, 0.3) is 5.91 Å². The molecule has 2 amide bonds. The smallest absolute Gasteiger partial charge is 0.265 e. The van der Waals surface area contributed by atoms with E-state index in [2.05, 4.69) is 15.6 Å². The second-order valence-electron chi connectivity index (χ2n) is 6.82. The number of para-hydroxylation sites is 2. The fourth-order valence-corrected chi connectivity index (χ4v) is 3.12. The van der Waals surface area contributed by atoms with E-state index in [9.17, 15) is 9.59 Å². The van der Waals surface area contributed by atoms with Gasteiger partial charge in [-0.15, -0.1) is 0 Å². The Bertz CT molecular complexity index is 1010. The Labute approximate surface area is 174 Å². The molecule has 1 aliphatic rings. The Hall–Kier alpha value is -3.87. The molecule has 7 heteroatoms. The summed E-state index contributed by atoms with van der Waals surface area (Å²) in [6, 6.07) is 21.1. The molecule has 1 aliphatic heterocycles. The van der Waals surface area contributed by atoms with Gasteiger partial charge in [-0.1, -0.05) is 48.5 Å². The van der Waals surface area contributed by atoms with E-state index in [0.717, 1.165) is 5.56 Å². The lowest BCUT2D eigenvalue weighted by Crippen LogP contribution is -2.52. The quantitative estimate of drug-likeness (QED) is 0.660. The zero-order valence-electron chi connectivity index (χ0n) is 16.2. The van der Waals surface area contributed by atoms with E-state index < -0.39 is 18.1 Å². The van der Waals surface area contributed by atoms with Gasteiger partial charge in [-0.05, 0) is 29.8 Å². The second kappa shape index (κ2) is 9.09. The van der Waals surface area contributed by atoms with Crippen molar-refractivity contribution in [3.8, 4) is 11.5 Å². The molecular weight excluding hydrogens is 382 g/mol. The van der Waals surface area contributed by atoms with Crippen molar-refractivity contribution in [3.05, 3.63) is 84.6 Å². The topological polar surface area (TPSA) is 89.6 Å². The molecule has 1 aromatic heterocycles. The van der Waals surface area contributed by atoms with Crippen molar-refractivity contribution < 1.29 is 19.1 Å². The second-order valence-corrected chi connectivity index (χ2v) is 6.82. The number of hydrogen-bond acceptors (Lipinski definition) is 5. The first-order valence-corrected chi connectivity index (χ1v) is 9.64. The average Bonchev–Trinajstić information content (AvgIpc) is 2.79. The minimum absolute atomic E-state index is 0.0722. The third kappa shape index (κ3) is 4.75. The van der Waals surface area contributed by atoms with Crippen LogP contribution in [-0.2, 0) is 16.0 Å². The molecule has 3 aromatic rings. The van der Waals surface area contributed by atoms with Gasteiger partial charge in [0.05, 0.1) is 0 Å². The number of carbonyl (C=O) groups excluding carboxylic acids is 2. The van der Waals surface area contributed by atoms with E-state index in [1.165, 1.54) is 0 Å². The highest BCUT2D eigenvalue weighted by atomic mass is 16.6. The van der Waals surface area contributed by atoms with Gasteiger partial charge >= 0.3 is 0 Å². The summed E-state index contributed by atoms with van der Waals surface area (Å²) in [5, 5.41) is 5.55. The molecule has 0 saturated heterocycles. The maximum atomic E-state index is 12.9. The van der Waals surface area contributed by atoms with Crippen molar-refractivity contribution in [2.75, 3.05) is 11.9 Å². The van der Waals surface area contributed by atoms with Crippen LogP contribution in [-0.4, -0.2) is 35.6 Å². The number of anilines is 1. The molecule has 152 valence electrons. The Morgan fingerprint density at radius 2 is 1.70 bits per heavy atom. The molecule has 2 aromatic carbocycles. The molecule has 0 fully saturated rings. The molecule has 4 rings (SSSR count). The Kier molecular flexibility index (Phi) is 5.89. The van der Waals surface area contributed by atoms with E-state index in [0.29, 0.717) is 23.7 Å². The number of ether oxygens (including phenoxy) is 2. The van der Waals surface area contributed by atoms with Gasteiger partial charge in [-0.25, -0.2) is 4.98 Å². The summed E-state index contributed by atoms with van der Waals surface area (Å²) in [5.41, 5.74) is 0.921. The first kappa shape index (κ1) is 19.4. The highest BCUT2D eigenvalue weighted by Crippen LogP contribution is 2.30. The van der Waals surface area contributed by atoms with E-state index in [-0.39, 0.29) is 12.5 Å². The van der Waals surface area contributed by atoms with E-state index in [4.69, 9.17) is 9.47 Å². The SMILES string of the molecule is O=C(Nc1ccccn1)[C@H](Cc1ccccc1)NC(=O)[C@@H]1COc2ccccc2O1. The average molecular weight is 403 g/mol. The van der Waals surface area contributed by atoms with Gasteiger partial charge in [0, 0.05) is 12.6 Å². The monoisotopic (exact) mass is 403 g/mol. The fraction of sp³-hybridized carbons (Fsp3) is 0.174. The van der Waals surface area contributed by atoms with Crippen molar-refractivity contribution in [1.29, 1.82) is 0 Å². The molecule has 0 saturated carbocycles. The predicted molar refractivity (Wildman–Crippen MR) is 111 cm³/mol. The molecule has 0 aliphatic carbocycles. The van der Waals surface area contributed by atoms with Crippen molar-refractivity contribution in [2.45, 2.75) is 18.6 Å².